The molecule has 1 aliphatic heterocycles. The molecule has 19 heavy (non-hydrogen) atoms. The minimum atomic E-state index is -1.06. The van der Waals surface area contributed by atoms with E-state index in [0.717, 1.165) is 12.1 Å². The Morgan fingerprint density at radius 3 is 2.79 bits per heavy atom. The summed E-state index contributed by atoms with van der Waals surface area (Å²) in [5, 5.41) is 0. The van der Waals surface area contributed by atoms with Crippen LogP contribution in [0.4, 0.5) is 14.5 Å². The quantitative estimate of drug-likeness (QED) is 0.904. The largest absolute Gasteiger partial charge is 0.384 e. The van der Waals surface area contributed by atoms with Crippen LogP contribution in [0.25, 0.3) is 0 Å². The smallest absolute Gasteiger partial charge is 0.248 e. The molecule has 4 nitrogen and oxygen atoms in total. The van der Waals surface area contributed by atoms with Gasteiger partial charge >= 0.3 is 0 Å². The second-order valence-electron chi connectivity index (χ2n) is 4.81. The van der Waals surface area contributed by atoms with Gasteiger partial charge in [0.15, 0.2) is 0 Å². The highest BCUT2D eigenvalue weighted by molar-refractivity contribution is 6.04. The maximum absolute atomic E-state index is 13.7. The van der Waals surface area contributed by atoms with Crippen LogP contribution in [-0.2, 0) is 9.53 Å². The molecule has 0 spiro atoms. The van der Waals surface area contributed by atoms with Gasteiger partial charge in [0.25, 0.3) is 0 Å². The average molecular weight is 270 g/mol. The number of ether oxygens (including phenoxy) is 1. The van der Waals surface area contributed by atoms with E-state index in [1.54, 1.807) is 7.11 Å². The number of rotatable bonds is 4. The minimum absolute atomic E-state index is 0.0402. The van der Waals surface area contributed by atoms with Crippen molar-refractivity contribution in [1.29, 1.82) is 0 Å². The Morgan fingerprint density at radius 1 is 1.47 bits per heavy atom. The number of amides is 1. The number of carbonyl (C=O) groups is 1. The highest BCUT2D eigenvalue weighted by atomic mass is 19.1. The third kappa shape index (κ3) is 2.46. The predicted molar refractivity (Wildman–Crippen MR) is 66.7 cm³/mol. The summed E-state index contributed by atoms with van der Waals surface area (Å²) in [5.74, 6) is -1.87. The van der Waals surface area contributed by atoms with Crippen molar-refractivity contribution in [2.45, 2.75) is 13.0 Å². The monoisotopic (exact) mass is 270 g/mol. The van der Waals surface area contributed by atoms with Crippen molar-refractivity contribution in [3.05, 3.63) is 29.3 Å². The van der Waals surface area contributed by atoms with Crippen molar-refractivity contribution in [1.82, 2.24) is 0 Å². The first-order valence-electron chi connectivity index (χ1n) is 6.00. The summed E-state index contributed by atoms with van der Waals surface area (Å²) in [6.45, 7) is 2.65. The number of anilines is 1. The van der Waals surface area contributed by atoms with E-state index in [1.807, 2.05) is 6.92 Å². The molecule has 0 saturated carbocycles. The summed E-state index contributed by atoms with van der Waals surface area (Å²) in [6, 6.07) is 0.821. The fourth-order valence-electron chi connectivity index (χ4n) is 2.35. The van der Waals surface area contributed by atoms with Crippen molar-refractivity contribution in [2.75, 3.05) is 25.2 Å². The van der Waals surface area contributed by atoms with Crippen LogP contribution in [0.3, 0.4) is 0 Å². The molecule has 2 N–H and O–H groups in total. The van der Waals surface area contributed by atoms with E-state index < -0.39 is 23.6 Å². The van der Waals surface area contributed by atoms with Crippen molar-refractivity contribution >= 4 is 11.6 Å². The van der Waals surface area contributed by atoms with Crippen LogP contribution in [0.1, 0.15) is 18.5 Å². The van der Waals surface area contributed by atoms with Crippen LogP contribution >= 0.6 is 0 Å². The summed E-state index contributed by atoms with van der Waals surface area (Å²) < 4.78 is 32.0. The maximum Gasteiger partial charge on any atom is 0.248 e. The SMILES string of the molecule is COCC(C)CN1C(=O)C(N)c2c(F)cc(F)cc21. The highest BCUT2D eigenvalue weighted by Gasteiger charge is 2.38. The van der Waals surface area contributed by atoms with E-state index in [9.17, 15) is 13.6 Å². The zero-order chi connectivity index (χ0) is 14.2. The number of hydrogen-bond acceptors (Lipinski definition) is 3. The number of fused-ring (bicyclic) bond motifs is 1. The van der Waals surface area contributed by atoms with Crippen molar-refractivity contribution < 1.29 is 18.3 Å². The maximum atomic E-state index is 13.7. The van der Waals surface area contributed by atoms with E-state index >= 15 is 0 Å². The summed E-state index contributed by atoms with van der Waals surface area (Å²) in [4.78, 5) is 13.4. The Kier molecular flexibility index (Phi) is 3.82. The molecule has 6 heteroatoms. The van der Waals surface area contributed by atoms with Crippen molar-refractivity contribution in [3.8, 4) is 0 Å². The number of carbonyl (C=O) groups excluding carboxylic acids is 1. The zero-order valence-corrected chi connectivity index (χ0v) is 10.8. The van der Waals surface area contributed by atoms with Gasteiger partial charge in [-0.15, -0.1) is 0 Å². The average Bonchev–Trinajstić information content (AvgIpc) is 2.54. The first kappa shape index (κ1) is 13.9. The van der Waals surface area contributed by atoms with Crippen LogP contribution in [-0.4, -0.2) is 26.2 Å². The van der Waals surface area contributed by atoms with Crippen LogP contribution in [0.15, 0.2) is 12.1 Å². The predicted octanol–water partition coefficient (Wildman–Crippen LogP) is 1.59. The Bertz CT molecular complexity index is 508. The lowest BCUT2D eigenvalue weighted by Crippen LogP contribution is -2.36. The van der Waals surface area contributed by atoms with Gasteiger partial charge in [-0.1, -0.05) is 6.92 Å². The number of nitrogens with zero attached hydrogens (tertiary/aromatic N) is 1. The summed E-state index contributed by atoms with van der Waals surface area (Å²) >= 11 is 0. The van der Waals surface area contributed by atoms with Gasteiger partial charge < -0.3 is 15.4 Å². The lowest BCUT2D eigenvalue weighted by Gasteiger charge is -2.21. The second-order valence-corrected chi connectivity index (χ2v) is 4.81. The van der Waals surface area contributed by atoms with Crippen LogP contribution in [0, 0.1) is 17.6 Å². The zero-order valence-electron chi connectivity index (χ0n) is 10.8. The molecule has 2 unspecified atom stereocenters. The topological polar surface area (TPSA) is 55.6 Å². The first-order valence-corrected chi connectivity index (χ1v) is 6.00. The van der Waals surface area contributed by atoms with E-state index in [-0.39, 0.29) is 17.2 Å². The van der Waals surface area contributed by atoms with Crippen molar-refractivity contribution in [2.24, 2.45) is 11.7 Å². The Morgan fingerprint density at radius 2 is 2.16 bits per heavy atom. The molecule has 1 heterocycles. The second kappa shape index (κ2) is 5.22. The number of hydrogen-bond donors (Lipinski definition) is 1. The van der Waals surface area contributed by atoms with E-state index in [4.69, 9.17) is 10.5 Å². The molecule has 1 aromatic carbocycles. The minimum Gasteiger partial charge on any atom is -0.384 e. The summed E-state index contributed by atoms with van der Waals surface area (Å²) in [5.41, 5.74) is 5.98. The molecule has 1 aliphatic rings. The van der Waals surface area contributed by atoms with Crippen LogP contribution in [0.5, 0.6) is 0 Å². The highest BCUT2D eigenvalue weighted by Crippen LogP contribution is 2.37. The molecule has 0 aliphatic carbocycles. The number of halogens is 2. The molecule has 0 radical (unpaired) electrons. The normalized spacial score (nSPS) is 19.7. The molecule has 2 atom stereocenters. The fraction of sp³-hybridized carbons (Fsp3) is 0.462. The molecular weight excluding hydrogens is 254 g/mol. The molecule has 104 valence electrons. The first-order chi connectivity index (χ1) is 8.95. The van der Waals surface area contributed by atoms with Gasteiger partial charge in [0.1, 0.15) is 17.7 Å². The van der Waals surface area contributed by atoms with Gasteiger partial charge in [-0.05, 0) is 12.0 Å². The van der Waals surface area contributed by atoms with E-state index in [0.29, 0.717) is 13.2 Å². The molecule has 1 amide bonds. The number of nitrogens with two attached hydrogens (primary N) is 1. The Labute approximate surface area is 110 Å². The van der Waals surface area contributed by atoms with Gasteiger partial charge in [-0.3, -0.25) is 4.79 Å². The third-order valence-corrected chi connectivity index (χ3v) is 3.15. The van der Waals surface area contributed by atoms with Gasteiger partial charge in [0, 0.05) is 25.3 Å². The Balaban J connectivity index is 2.35. The lowest BCUT2D eigenvalue weighted by molar-refractivity contribution is -0.119. The number of benzene rings is 1. The lowest BCUT2D eigenvalue weighted by atomic mass is 10.1. The molecule has 0 fully saturated rings. The fourth-order valence-corrected chi connectivity index (χ4v) is 2.35. The third-order valence-electron chi connectivity index (χ3n) is 3.15. The molecule has 1 aromatic rings. The summed E-state index contributed by atoms with van der Waals surface area (Å²) in [6.07, 6.45) is 0. The standard InChI is InChI=1S/C13H16F2N2O2/c1-7(6-19-2)5-17-10-4-8(14)3-9(15)11(10)12(16)13(17)18/h3-4,7,12H,5-6,16H2,1-2H3. The molecular formula is C13H16F2N2O2. The summed E-state index contributed by atoms with van der Waals surface area (Å²) in [7, 11) is 1.56. The van der Waals surface area contributed by atoms with Gasteiger partial charge in [0.2, 0.25) is 5.91 Å². The van der Waals surface area contributed by atoms with Crippen molar-refractivity contribution in [3.63, 3.8) is 0 Å². The number of methoxy groups -OCH3 is 1. The van der Waals surface area contributed by atoms with E-state index in [2.05, 4.69) is 0 Å². The molecule has 2 rings (SSSR count). The van der Waals surface area contributed by atoms with Gasteiger partial charge in [-0.25, -0.2) is 8.78 Å². The van der Waals surface area contributed by atoms with Crippen LogP contribution < -0.4 is 10.6 Å². The van der Waals surface area contributed by atoms with Gasteiger partial charge in [0.05, 0.1) is 12.3 Å². The Hall–Kier alpha value is -1.53. The molecule has 0 bridgehead atoms. The van der Waals surface area contributed by atoms with Crippen LogP contribution in [0.2, 0.25) is 0 Å². The van der Waals surface area contributed by atoms with E-state index in [1.165, 1.54) is 4.90 Å². The molecule has 0 saturated heterocycles. The van der Waals surface area contributed by atoms with Gasteiger partial charge in [-0.2, -0.15) is 0 Å². The molecule has 0 aromatic heterocycles.